The number of para-hydroxylation sites is 1. The van der Waals surface area contributed by atoms with Crippen LogP contribution in [-0.4, -0.2) is 28.4 Å². The van der Waals surface area contributed by atoms with Crippen molar-refractivity contribution in [2.45, 2.75) is 13.0 Å². The molecule has 1 aromatic heterocycles. The lowest BCUT2D eigenvalue weighted by molar-refractivity contribution is 0.100. The third-order valence-corrected chi connectivity index (χ3v) is 4.83. The van der Waals surface area contributed by atoms with Crippen molar-refractivity contribution in [2.24, 2.45) is 5.73 Å². The van der Waals surface area contributed by atoms with Gasteiger partial charge in [-0.1, -0.05) is 48.5 Å². The van der Waals surface area contributed by atoms with Crippen molar-refractivity contribution in [2.75, 3.05) is 11.4 Å². The number of amides is 3. The lowest BCUT2D eigenvalue weighted by atomic mass is 10.1. The van der Waals surface area contributed by atoms with Crippen molar-refractivity contribution in [1.82, 2.24) is 9.88 Å². The first-order valence-electron chi connectivity index (χ1n) is 9.11. The van der Waals surface area contributed by atoms with Crippen LogP contribution in [0.1, 0.15) is 21.5 Å². The largest absolute Gasteiger partial charge is 0.366 e. The normalized spacial score (nSPS) is 13.4. The minimum absolute atomic E-state index is 0.212. The second kappa shape index (κ2) is 7.52. The zero-order valence-corrected chi connectivity index (χ0v) is 15.3. The highest BCUT2D eigenvalue weighted by molar-refractivity contribution is 6.07. The molecule has 0 saturated carbocycles. The summed E-state index contributed by atoms with van der Waals surface area (Å²) in [5.74, 6) is -0.0422. The van der Waals surface area contributed by atoms with Crippen molar-refractivity contribution < 1.29 is 9.59 Å². The molecule has 140 valence electrons. The van der Waals surface area contributed by atoms with Crippen molar-refractivity contribution in [1.29, 1.82) is 0 Å². The van der Waals surface area contributed by atoms with E-state index in [1.54, 1.807) is 35.4 Å². The molecule has 1 aliphatic heterocycles. The molecule has 1 aliphatic rings. The number of primary amides is 1. The number of carbonyl (C=O) groups excluding carboxylic acids is 2. The molecular formula is C22H20N4O2. The minimum atomic E-state index is -0.581. The third-order valence-electron chi connectivity index (χ3n) is 4.83. The van der Waals surface area contributed by atoms with E-state index in [9.17, 15) is 9.59 Å². The Morgan fingerprint density at radius 1 is 1.00 bits per heavy atom. The number of hydrogen-bond donors (Lipinski definition) is 1. The topological polar surface area (TPSA) is 79.5 Å². The van der Waals surface area contributed by atoms with Gasteiger partial charge < -0.3 is 10.6 Å². The van der Waals surface area contributed by atoms with Crippen LogP contribution in [0.3, 0.4) is 0 Å². The van der Waals surface area contributed by atoms with Crippen LogP contribution in [0.5, 0.6) is 0 Å². The number of carbonyl (C=O) groups is 2. The first-order chi connectivity index (χ1) is 13.6. The number of urea groups is 1. The van der Waals surface area contributed by atoms with E-state index in [1.165, 1.54) is 4.90 Å². The SMILES string of the molecule is NC(=O)c1ccccc1N1C(=O)N(CCc2ccccc2)Cc2cccnc21. The number of nitrogens with two attached hydrogens (primary N) is 1. The molecule has 6 heteroatoms. The molecule has 4 rings (SSSR count). The fourth-order valence-corrected chi connectivity index (χ4v) is 3.44. The van der Waals surface area contributed by atoms with Crippen molar-refractivity contribution >= 4 is 23.4 Å². The van der Waals surface area contributed by atoms with E-state index >= 15 is 0 Å². The Labute approximate surface area is 163 Å². The molecule has 6 nitrogen and oxygen atoms in total. The van der Waals surface area contributed by atoms with Gasteiger partial charge in [0.05, 0.1) is 17.8 Å². The van der Waals surface area contributed by atoms with Crippen LogP contribution in [0.15, 0.2) is 72.9 Å². The van der Waals surface area contributed by atoms with Crippen LogP contribution in [0.4, 0.5) is 16.3 Å². The average molecular weight is 372 g/mol. The Kier molecular flexibility index (Phi) is 4.76. The number of benzene rings is 2. The van der Waals surface area contributed by atoms with Crippen LogP contribution >= 0.6 is 0 Å². The molecular weight excluding hydrogens is 352 g/mol. The van der Waals surface area contributed by atoms with Gasteiger partial charge in [0.1, 0.15) is 5.82 Å². The molecule has 3 amide bonds. The van der Waals surface area contributed by atoms with E-state index in [-0.39, 0.29) is 11.6 Å². The number of nitrogens with zero attached hydrogens (tertiary/aromatic N) is 3. The molecule has 3 aromatic rings. The van der Waals surface area contributed by atoms with Crippen molar-refractivity contribution in [3.05, 3.63) is 89.6 Å². The highest BCUT2D eigenvalue weighted by atomic mass is 16.2. The standard InChI is InChI=1S/C22H20N4O2/c23-20(27)18-10-4-5-11-19(18)26-21-17(9-6-13-24-21)15-25(22(26)28)14-12-16-7-2-1-3-8-16/h1-11,13H,12,14-15H2,(H2,23,27). The van der Waals surface area contributed by atoms with Gasteiger partial charge in [-0.3, -0.25) is 4.79 Å². The second-order valence-corrected chi connectivity index (χ2v) is 6.64. The van der Waals surface area contributed by atoms with E-state index in [0.29, 0.717) is 24.6 Å². The van der Waals surface area contributed by atoms with Gasteiger partial charge in [0.25, 0.3) is 5.91 Å². The number of pyridine rings is 1. The summed E-state index contributed by atoms with van der Waals surface area (Å²) in [6, 6.07) is 20.5. The van der Waals surface area contributed by atoms with E-state index < -0.39 is 5.91 Å². The molecule has 2 aromatic carbocycles. The number of aromatic nitrogens is 1. The Hall–Kier alpha value is -3.67. The molecule has 2 heterocycles. The smallest absolute Gasteiger partial charge is 0.330 e. The Balaban J connectivity index is 1.71. The van der Waals surface area contributed by atoms with Crippen LogP contribution in [0, 0.1) is 0 Å². The fourth-order valence-electron chi connectivity index (χ4n) is 3.44. The summed E-state index contributed by atoms with van der Waals surface area (Å²) in [4.78, 5) is 32.9. The third kappa shape index (κ3) is 3.32. The van der Waals surface area contributed by atoms with Crippen LogP contribution in [0.2, 0.25) is 0 Å². The summed E-state index contributed by atoms with van der Waals surface area (Å²) < 4.78 is 0. The molecule has 2 N–H and O–H groups in total. The fraction of sp³-hybridized carbons (Fsp3) is 0.136. The summed E-state index contributed by atoms with van der Waals surface area (Å²) in [5, 5.41) is 0. The molecule has 0 unspecified atom stereocenters. The quantitative estimate of drug-likeness (QED) is 0.744. The zero-order chi connectivity index (χ0) is 19.5. The Morgan fingerprint density at radius 3 is 2.54 bits per heavy atom. The average Bonchev–Trinajstić information content (AvgIpc) is 2.73. The van der Waals surface area contributed by atoms with Gasteiger partial charge in [-0.15, -0.1) is 0 Å². The predicted molar refractivity (Wildman–Crippen MR) is 107 cm³/mol. The van der Waals surface area contributed by atoms with Gasteiger partial charge in [0.2, 0.25) is 0 Å². The van der Waals surface area contributed by atoms with Gasteiger partial charge in [0.15, 0.2) is 0 Å². The lowest BCUT2D eigenvalue weighted by Crippen LogP contribution is -2.46. The van der Waals surface area contributed by atoms with Gasteiger partial charge in [-0.25, -0.2) is 14.7 Å². The maximum absolute atomic E-state index is 13.3. The molecule has 28 heavy (non-hydrogen) atoms. The molecule has 0 spiro atoms. The van der Waals surface area contributed by atoms with Crippen LogP contribution in [-0.2, 0) is 13.0 Å². The Bertz CT molecular complexity index is 1020. The summed E-state index contributed by atoms with van der Waals surface area (Å²) in [5.41, 5.74) is 8.37. The second-order valence-electron chi connectivity index (χ2n) is 6.64. The van der Waals surface area contributed by atoms with E-state index in [1.807, 2.05) is 42.5 Å². The first kappa shape index (κ1) is 17.7. The lowest BCUT2D eigenvalue weighted by Gasteiger charge is -2.36. The van der Waals surface area contributed by atoms with Crippen LogP contribution in [0.25, 0.3) is 0 Å². The summed E-state index contributed by atoms with van der Waals surface area (Å²) in [6.07, 6.45) is 2.39. The van der Waals surface area contributed by atoms with Crippen molar-refractivity contribution in [3.63, 3.8) is 0 Å². The predicted octanol–water partition coefficient (Wildman–Crippen LogP) is 3.50. The highest BCUT2D eigenvalue weighted by Crippen LogP contribution is 2.34. The number of fused-ring (bicyclic) bond motifs is 1. The number of rotatable bonds is 5. The number of anilines is 2. The molecule has 0 fully saturated rings. The van der Waals surface area contributed by atoms with Crippen molar-refractivity contribution in [3.8, 4) is 0 Å². The van der Waals surface area contributed by atoms with Gasteiger partial charge in [-0.2, -0.15) is 0 Å². The molecule has 0 bridgehead atoms. The highest BCUT2D eigenvalue weighted by Gasteiger charge is 2.33. The minimum Gasteiger partial charge on any atom is -0.366 e. The molecule has 0 atom stereocenters. The molecule has 0 radical (unpaired) electrons. The summed E-state index contributed by atoms with van der Waals surface area (Å²) in [7, 11) is 0. The summed E-state index contributed by atoms with van der Waals surface area (Å²) >= 11 is 0. The van der Waals surface area contributed by atoms with Gasteiger partial charge in [-0.05, 0) is 30.2 Å². The van der Waals surface area contributed by atoms with Crippen LogP contribution < -0.4 is 10.6 Å². The Morgan fingerprint density at radius 2 is 1.75 bits per heavy atom. The monoisotopic (exact) mass is 372 g/mol. The first-order valence-corrected chi connectivity index (χ1v) is 9.11. The van der Waals surface area contributed by atoms with Gasteiger partial charge >= 0.3 is 6.03 Å². The summed E-state index contributed by atoms with van der Waals surface area (Å²) in [6.45, 7) is 1.04. The van der Waals surface area contributed by atoms with E-state index in [0.717, 1.165) is 17.5 Å². The zero-order valence-electron chi connectivity index (χ0n) is 15.3. The maximum Gasteiger partial charge on any atom is 0.330 e. The molecule has 0 saturated heterocycles. The maximum atomic E-state index is 13.3. The van der Waals surface area contributed by atoms with E-state index in [2.05, 4.69) is 4.98 Å². The number of hydrogen-bond acceptors (Lipinski definition) is 3. The molecule has 0 aliphatic carbocycles. The van der Waals surface area contributed by atoms with E-state index in [4.69, 9.17) is 5.73 Å². The van der Waals surface area contributed by atoms with Gasteiger partial charge in [0, 0.05) is 18.3 Å².